The van der Waals surface area contributed by atoms with Crippen LogP contribution in [0.4, 0.5) is 4.79 Å². The van der Waals surface area contributed by atoms with Crippen LogP contribution in [0.3, 0.4) is 0 Å². The maximum atomic E-state index is 13.0. The molecule has 0 spiro atoms. The van der Waals surface area contributed by atoms with Crippen LogP contribution in [0.15, 0.2) is 42.5 Å². The van der Waals surface area contributed by atoms with Gasteiger partial charge >= 0.3 is 6.03 Å². The molecule has 7 heteroatoms. The Morgan fingerprint density at radius 3 is 2.30 bits per heavy atom. The van der Waals surface area contributed by atoms with Gasteiger partial charge in [-0.1, -0.05) is 38.0 Å². The fourth-order valence-electron chi connectivity index (χ4n) is 4.21. The van der Waals surface area contributed by atoms with E-state index in [0.29, 0.717) is 30.2 Å². The van der Waals surface area contributed by atoms with E-state index >= 15 is 0 Å². The molecule has 0 radical (unpaired) electrons. The molecule has 0 aliphatic carbocycles. The van der Waals surface area contributed by atoms with E-state index in [2.05, 4.69) is 17.6 Å². The molecule has 176 valence electrons. The molecule has 0 aliphatic heterocycles. The highest BCUT2D eigenvalue weighted by atomic mass is 16.5. The number of fused-ring (bicyclic) bond motifs is 1. The first-order valence-corrected chi connectivity index (χ1v) is 11.4. The molecular formula is C26H33N3O4. The number of imide groups is 1. The van der Waals surface area contributed by atoms with Crippen molar-refractivity contribution in [2.24, 2.45) is 0 Å². The predicted octanol–water partition coefficient (Wildman–Crippen LogP) is 5.36. The van der Waals surface area contributed by atoms with Crippen LogP contribution >= 0.6 is 0 Å². The summed E-state index contributed by atoms with van der Waals surface area (Å²) in [5.74, 6) is 0.846. The molecule has 0 aliphatic rings. The Morgan fingerprint density at radius 1 is 1.03 bits per heavy atom. The van der Waals surface area contributed by atoms with Gasteiger partial charge in [-0.25, -0.2) is 4.79 Å². The van der Waals surface area contributed by atoms with Crippen molar-refractivity contribution < 1.29 is 19.1 Å². The van der Waals surface area contributed by atoms with E-state index in [4.69, 9.17) is 9.47 Å². The quantitative estimate of drug-likeness (QED) is 0.459. The maximum Gasteiger partial charge on any atom is 0.322 e. The van der Waals surface area contributed by atoms with Crippen molar-refractivity contribution in [1.82, 2.24) is 15.2 Å². The Morgan fingerprint density at radius 2 is 1.70 bits per heavy atom. The molecule has 33 heavy (non-hydrogen) atoms. The van der Waals surface area contributed by atoms with E-state index in [1.165, 1.54) is 0 Å². The van der Waals surface area contributed by atoms with Crippen LogP contribution in [-0.2, 0) is 6.54 Å². The summed E-state index contributed by atoms with van der Waals surface area (Å²) in [7, 11) is 3.20. The third-order valence-corrected chi connectivity index (χ3v) is 5.77. The van der Waals surface area contributed by atoms with E-state index in [-0.39, 0.29) is 6.04 Å². The minimum Gasteiger partial charge on any atom is -0.496 e. The molecule has 1 atom stereocenters. The number of benzene rings is 2. The number of aryl methyl sites for hydroxylation is 2. The third-order valence-electron chi connectivity index (χ3n) is 5.77. The van der Waals surface area contributed by atoms with E-state index < -0.39 is 11.9 Å². The van der Waals surface area contributed by atoms with Crippen LogP contribution in [0.2, 0.25) is 0 Å². The summed E-state index contributed by atoms with van der Waals surface area (Å²) >= 11 is 0. The van der Waals surface area contributed by atoms with Crippen molar-refractivity contribution >= 4 is 22.8 Å². The molecule has 1 aromatic heterocycles. The summed E-state index contributed by atoms with van der Waals surface area (Å²) in [5, 5.41) is 6.43. The second-order valence-corrected chi connectivity index (χ2v) is 8.04. The van der Waals surface area contributed by atoms with Crippen molar-refractivity contribution in [3.8, 4) is 11.5 Å². The van der Waals surface area contributed by atoms with Crippen LogP contribution < -0.4 is 20.1 Å². The van der Waals surface area contributed by atoms with Crippen molar-refractivity contribution in [2.75, 3.05) is 14.2 Å². The second-order valence-electron chi connectivity index (χ2n) is 8.04. The maximum absolute atomic E-state index is 13.0. The molecule has 0 saturated carbocycles. The zero-order chi connectivity index (χ0) is 24.0. The monoisotopic (exact) mass is 451 g/mol. The van der Waals surface area contributed by atoms with Gasteiger partial charge in [-0.15, -0.1) is 0 Å². The summed E-state index contributed by atoms with van der Waals surface area (Å²) in [6.45, 7) is 6.64. The number of aromatic nitrogens is 1. The molecule has 1 heterocycles. The Hall–Kier alpha value is -3.48. The Balaban J connectivity index is 1.86. The summed E-state index contributed by atoms with van der Waals surface area (Å²) in [6, 6.07) is 12.5. The summed E-state index contributed by atoms with van der Waals surface area (Å²) < 4.78 is 13.1. The molecule has 0 bridgehead atoms. The van der Waals surface area contributed by atoms with Crippen molar-refractivity contribution in [2.45, 2.75) is 52.6 Å². The normalized spacial score (nSPS) is 11.8. The van der Waals surface area contributed by atoms with E-state index in [1.807, 2.05) is 60.9 Å². The highest BCUT2D eigenvalue weighted by molar-refractivity contribution is 6.06. The lowest BCUT2D eigenvalue weighted by atomic mass is 9.97. The first-order valence-electron chi connectivity index (χ1n) is 11.4. The van der Waals surface area contributed by atoms with Gasteiger partial charge in [0.1, 0.15) is 17.2 Å². The van der Waals surface area contributed by atoms with Gasteiger partial charge in [0.2, 0.25) is 0 Å². The largest absolute Gasteiger partial charge is 0.496 e. The van der Waals surface area contributed by atoms with Crippen LogP contribution in [-0.4, -0.2) is 30.7 Å². The number of para-hydroxylation sites is 1. The van der Waals surface area contributed by atoms with Gasteiger partial charge in [0.05, 0.1) is 25.8 Å². The number of carbonyl (C=O) groups is 2. The van der Waals surface area contributed by atoms with E-state index in [9.17, 15) is 9.59 Å². The minimum atomic E-state index is -0.557. The molecule has 0 fully saturated rings. The van der Waals surface area contributed by atoms with Gasteiger partial charge in [0.25, 0.3) is 5.91 Å². The van der Waals surface area contributed by atoms with Crippen molar-refractivity contribution in [3.63, 3.8) is 0 Å². The highest BCUT2D eigenvalue weighted by Gasteiger charge is 2.25. The van der Waals surface area contributed by atoms with Gasteiger partial charge < -0.3 is 19.4 Å². The summed E-state index contributed by atoms with van der Waals surface area (Å²) in [6.07, 6.45) is 2.54. The van der Waals surface area contributed by atoms with Crippen LogP contribution in [0.5, 0.6) is 11.5 Å². The zero-order valence-electron chi connectivity index (χ0n) is 20.0. The molecule has 3 rings (SSSR count). The van der Waals surface area contributed by atoms with Crippen LogP contribution in [0, 0.1) is 6.92 Å². The second kappa shape index (κ2) is 10.9. The van der Waals surface area contributed by atoms with Crippen LogP contribution in [0.1, 0.15) is 60.8 Å². The number of urea groups is 1. The fourth-order valence-corrected chi connectivity index (χ4v) is 4.21. The first kappa shape index (κ1) is 24.2. The van der Waals surface area contributed by atoms with Crippen molar-refractivity contribution in [1.29, 1.82) is 0 Å². The number of hydrogen-bond acceptors (Lipinski definition) is 4. The van der Waals surface area contributed by atoms with Gasteiger partial charge in [0.15, 0.2) is 0 Å². The molecule has 3 aromatic rings. The topological polar surface area (TPSA) is 81.6 Å². The molecule has 7 nitrogen and oxygen atoms in total. The zero-order valence-corrected chi connectivity index (χ0v) is 20.0. The molecule has 0 unspecified atom stereocenters. The summed E-state index contributed by atoms with van der Waals surface area (Å²) in [5.41, 5.74) is 3.17. The standard InChI is InChI=1S/C26H33N3O4/c1-6-8-12-19(24-22(32-4)14-17(3)15-23(24)33-5)27-26(31)28-25(30)21-16-18-11-9-10-13-20(18)29(21)7-2/h9-11,13-16,19H,6-8,12H2,1-5H3,(H2,27,28,30,31)/t19-/m1/s1. The van der Waals surface area contributed by atoms with Gasteiger partial charge in [0, 0.05) is 17.4 Å². The Bertz CT molecular complexity index is 1110. The highest BCUT2D eigenvalue weighted by Crippen LogP contribution is 2.37. The number of ether oxygens (including phenoxy) is 2. The number of rotatable bonds is 9. The molecular weight excluding hydrogens is 418 g/mol. The number of amides is 3. The molecule has 2 N–H and O–H groups in total. The average molecular weight is 452 g/mol. The lowest BCUT2D eigenvalue weighted by molar-refractivity contribution is 0.0954. The van der Waals surface area contributed by atoms with E-state index in [0.717, 1.165) is 34.9 Å². The number of methoxy groups -OCH3 is 2. The Kier molecular flexibility index (Phi) is 7.98. The number of unbranched alkanes of at least 4 members (excludes halogenated alkanes) is 1. The predicted molar refractivity (Wildman–Crippen MR) is 130 cm³/mol. The lowest BCUT2D eigenvalue weighted by Crippen LogP contribution is -2.42. The van der Waals surface area contributed by atoms with Gasteiger partial charge in [-0.2, -0.15) is 0 Å². The fraction of sp³-hybridized carbons (Fsp3) is 0.385. The Labute approximate surface area is 195 Å². The summed E-state index contributed by atoms with van der Waals surface area (Å²) in [4.78, 5) is 25.9. The third kappa shape index (κ3) is 5.30. The number of nitrogens with zero attached hydrogens (tertiary/aromatic N) is 1. The smallest absolute Gasteiger partial charge is 0.322 e. The number of hydrogen-bond donors (Lipinski definition) is 2. The molecule has 3 amide bonds. The number of nitrogens with one attached hydrogen (secondary N) is 2. The molecule has 2 aromatic carbocycles. The van der Waals surface area contributed by atoms with Gasteiger partial charge in [-0.05, 0) is 50.1 Å². The van der Waals surface area contributed by atoms with E-state index in [1.54, 1.807) is 14.2 Å². The molecule has 0 saturated heterocycles. The van der Waals surface area contributed by atoms with Crippen LogP contribution in [0.25, 0.3) is 10.9 Å². The lowest BCUT2D eigenvalue weighted by Gasteiger charge is -2.24. The SMILES string of the molecule is CCCC[C@@H](NC(=O)NC(=O)c1cc2ccccc2n1CC)c1c(OC)cc(C)cc1OC. The van der Waals surface area contributed by atoms with Gasteiger partial charge in [-0.3, -0.25) is 10.1 Å². The average Bonchev–Trinajstić information content (AvgIpc) is 3.20. The number of carbonyl (C=O) groups excluding carboxylic acids is 2. The first-order chi connectivity index (χ1) is 15.9. The minimum absolute atomic E-state index is 0.375. The van der Waals surface area contributed by atoms with Crippen molar-refractivity contribution in [3.05, 3.63) is 59.3 Å².